The van der Waals surface area contributed by atoms with Crippen molar-refractivity contribution in [3.05, 3.63) is 47.9 Å². The van der Waals surface area contributed by atoms with Crippen LogP contribution in [-0.4, -0.2) is 30.3 Å². The van der Waals surface area contributed by atoms with E-state index in [1.165, 1.54) is 6.26 Å². The normalized spacial score (nSPS) is 17.1. The van der Waals surface area contributed by atoms with Gasteiger partial charge in [-0.05, 0) is 31.5 Å². The highest BCUT2D eigenvalue weighted by atomic mass is 32.2. The molecule has 0 N–H and O–H groups in total. The van der Waals surface area contributed by atoms with Gasteiger partial charge < -0.3 is 14.1 Å². The maximum Gasteiger partial charge on any atom is 0.342 e. The van der Waals surface area contributed by atoms with Crippen molar-refractivity contribution in [3.8, 4) is 0 Å². The van der Waals surface area contributed by atoms with Crippen molar-refractivity contribution in [2.24, 2.45) is 0 Å². The maximum absolute atomic E-state index is 12.6. The molecule has 0 aliphatic carbocycles. The van der Waals surface area contributed by atoms with Gasteiger partial charge in [0.1, 0.15) is 11.3 Å². The second-order valence-corrected chi connectivity index (χ2v) is 7.18. The minimum Gasteiger partial charge on any atom is -0.469 e. The zero-order chi connectivity index (χ0) is 17.1. The van der Waals surface area contributed by atoms with E-state index in [2.05, 4.69) is 6.92 Å². The van der Waals surface area contributed by atoms with E-state index in [4.69, 9.17) is 9.15 Å². The molecule has 24 heavy (non-hydrogen) atoms. The van der Waals surface area contributed by atoms with Gasteiger partial charge in [-0.15, -0.1) is 11.8 Å². The molecule has 2 heterocycles. The topological polar surface area (TPSA) is 59.8 Å². The number of hydrogen-bond acceptors (Lipinski definition) is 5. The first-order valence-electron chi connectivity index (χ1n) is 7.83. The van der Waals surface area contributed by atoms with Gasteiger partial charge in [-0.1, -0.05) is 19.1 Å². The van der Waals surface area contributed by atoms with Gasteiger partial charge >= 0.3 is 5.97 Å². The van der Waals surface area contributed by atoms with Crippen LogP contribution < -0.4 is 4.90 Å². The number of hydrogen-bond donors (Lipinski definition) is 0. The first kappa shape index (κ1) is 16.6. The second kappa shape index (κ2) is 7.13. The Morgan fingerprint density at radius 3 is 2.88 bits per heavy atom. The number of thioether (sulfide) groups is 1. The first-order valence-corrected chi connectivity index (χ1v) is 8.71. The number of carbonyl (C=O) groups excluding carboxylic acids is 2. The summed E-state index contributed by atoms with van der Waals surface area (Å²) in [5, 5.41) is 0.431. The molecule has 1 aromatic heterocycles. The van der Waals surface area contributed by atoms with Crippen LogP contribution in [0.1, 0.15) is 29.5 Å². The fourth-order valence-electron chi connectivity index (χ4n) is 2.63. The summed E-state index contributed by atoms with van der Waals surface area (Å²) in [4.78, 5) is 27.4. The number of carbonyl (C=O) groups is 2. The van der Waals surface area contributed by atoms with Crippen LogP contribution in [0.15, 0.2) is 45.9 Å². The van der Waals surface area contributed by atoms with Crippen molar-refractivity contribution >= 4 is 29.3 Å². The van der Waals surface area contributed by atoms with Gasteiger partial charge in [-0.25, -0.2) is 4.79 Å². The molecular weight excluding hydrogens is 326 g/mol. The van der Waals surface area contributed by atoms with Crippen molar-refractivity contribution in [1.82, 2.24) is 0 Å². The van der Waals surface area contributed by atoms with Crippen LogP contribution in [0, 0.1) is 6.92 Å². The molecule has 0 radical (unpaired) electrons. The number of ether oxygens (including phenoxy) is 1. The number of anilines is 1. The summed E-state index contributed by atoms with van der Waals surface area (Å²) in [6, 6.07) is 9.37. The number of esters is 1. The van der Waals surface area contributed by atoms with E-state index in [0.29, 0.717) is 23.1 Å². The summed E-state index contributed by atoms with van der Waals surface area (Å²) in [7, 11) is 0. The molecule has 0 unspecified atom stereocenters. The Morgan fingerprint density at radius 2 is 2.12 bits per heavy atom. The van der Waals surface area contributed by atoms with E-state index in [1.807, 2.05) is 24.3 Å². The van der Waals surface area contributed by atoms with Gasteiger partial charge in [0.25, 0.3) is 5.91 Å². The zero-order valence-electron chi connectivity index (χ0n) is 13.7. The van der Waals surface area contributed by atoms with Gasteiger partial charge in [-0.3, -0.25) is 4.79 Å². The summed E-state index contributed by atoms with van der Waals surface area (Å²) in [5.41, 5.74) is 1.23. The predicted molar refractivity (Wildman–Crippen MR) is 92.5 cm³/mol. The molecule has 3 rings (SSSR count). The van der Waals surface area contributed by atoms with Gasteiger partial charge in [-0.2, -0.15) is 0 Å². The highest BCUT2D eigenvalue weighted by Gasteiger charge is 2.25. The molecule has 126 valence electrons. The standard InChI is InChI=1S/C18H19NO4S/c1-12-7-9-19(15-5-3-4-6-16(15)24-12)17(20)11-23-18(21)14-8-10-22-13(14)2/h3-6,8,10,12H,7,9,11H2,1-2H3/t12-/m0/s1. The number of furan rings is 1. The summed E-state index contributed by atoms with van der Waals surface area (Å²) >= 11 is 1.76. The lowest BCUT2D eigenvalue weighted by Crippen LogP contribution is -2.35. The molecule has 1 aliphatic rings. The Kier molecular flexibility index (Phi) is 4.94. The van der Waals surface area contributed by atoms with E-state index in [0.717, 1.165) is 17.0 Å². The molecule has 0 saturated heterocycles. The third-order valence-electron chi connectivity index (χ3n) is 3.95. The monoisotopic (exact) mass is 345 g/mol. The number of fused-ring (bicyclic) bond motifs is 1. The van der Waals surface area contributed by atoms with Gasteiger partial charge in [0.2, 0.25) is 0 Å². The Bertz CT molecular complexity index is 755. The Balaban J connectivity index is 1.71. The molecule has 1 amide bonds. The highest BCUT2D eigenvalue weighted by Crippen LogP contribution is 2.37. The predicted octanol–water partition coefficient (Wildman–Crippen LogP) is 3.66. The van der Waals surface area contributed by atoms with Crippen molar-refractivity contribution in [3.63, 3.8) is 0 Å². The van der Waals surface area contributed by atoms with E-state index in [-0.39, 0.29) is 12.5 Å². The number of amides is 1. The number of benzene rings is 1. The second-order valence-electron chi connectivity index (χ2n) is 5.70. The molecule has 5 nitrogen and oxygen atoms in total. The zero-order valence-corrected chi connectivity index (χ0v) is 14.5. The Hall–Kier alpha value is -2.21. The third kappa shape index (κ3) is 3.48. The molecule has 0 saturated carbocycles. The smallest absolute Gasteiger partial charge is 0.342 e. The molecule has 0 fully saturated rings. The summed E-state index contributed by atoms with van der Waals surface area (Å²) < 4.78 is 10.3. The van der Waals surface area contributed by atoms with Crippen LogP contribution in [0.2, 0.25) is 0 Å². The van der Waals surface area contributed by atoms with Crippen LogP contribution in [0.5, 0.6) is 0 Å². The lowest BCUT2D eigenvalue weighted by Gasteiger charge is -2.22. The van der Waals surface area contributed by atoms with Crippen molar-refractivity contribution in [2.45, 2.75) is 30.4 Å². The largest absolute Gasteiger partial charge is 0.469 e. The molecule has 0 bridgehead atoms. The average molecular weight is 345 g/mol. The number of aryl methyl sites for hydroxylation is 1. The van der Waals surface area contributed by atoms with Crippen molar-refractivity contribution < 1.29 is 18.7 Å². The van der Waals surface area contributed by atoms with Crippen molar-refractivity contribution in [2.75, 3.05) is 18.1 Å². The molecule has 1 aromatic carbocycles. The van der Waals surface area contributed by atoms with Gasteiger partial charge in [0.15, 0.2) is 6.61 Å². The minimum absolute atomic E-state index is 0.216. The maximum atomic E-state index is 12.6. The Morgan fingerprint density at radius 1 is 1.33 bits per heavy atom. The average Bonchev–Trinajstić information content (AvgIpc) is 2.92. The Labute approximate surface area is 145 Å². The number of para-hydroxylation sites is 1. The number of nitrogens with zero attached hydrogens (tertiary/aromatic N) is 1. The van der Waals surface area contributed by atoms with Crippen LogP contribution in [0.25, 0.3) is 0 Å². The third-order valence-corrected chi connectivity index (χ3v) is 5.19. The summed E-state index contributed by atoms with van der Waals surface area (Å²) in [6.07, 6.45) is 2.32. The van der Waals surface area contributed by atoms with Crippen LogP contribution in [0.4, 0.5) is 5.69 Å². The van der Waals surface area contributed by atoms with Crippen molar-refractivity contribution in [1.29, 1.82) is 0 Å². The van der Waals surface area contributed by atoms with E-state index in [1.54, 1.807) is 29.7 Å². The molecule has 0 spiro atoms. The van der Waals surface area contributed by atoms with E-state index in [9.17, 15) is 9.59 Å². The molecule has 6 heteroatoms. The summed E-state index contributed by atoms with van der Waals surface area (Å²) in [5.74, 6) is -0.273. The SMILES string of the molecule is Cc1occc1C(=O)OCC(=O)N1CC[C@H](C)Sc2ccccc21. The minimum atomic E-state index is -0.541. The van der Waals surface area contributed by atoms with E-state index < -0.39 is 5.97 Å². The highest BCUT2D eigenvalue weighted by molar-refractivity contribution is 8.00. The molecule has 1 atom stereocenters. The lowest BCUT2D eigenvalue weighted by atomic mass is 10.2. The van der Waals surface area contributed by atoms with Crippen LogP contribution >= 0.6 is 11.8 Å². The number of rotatable bonds is 3. The summed E-state index contributed by atoms with van der Waals surface area (Å²) in [6.45, 7) is 4.17. The van der Waals surface area contributed by atoms with Gasteiger partial charge in [0.05, 0.1) is 12.0 Å². The lowest BCUT2D eigenvalue weighted by molar-refractivity contribution is -0.121. The fraction of sp³-hybridized carbons (Fsp3) is 0.333. The van der Waals surface area contributed by atoms with Gasteiger partial charge in [0, 0.05) is 16.7 Å². The molecular formula is C18H19NO4S. The quantitative estimate of drug-likeness (QED) is 0.795. The first-order chi connectivity index (χ1) is 11.6. The molecule has 2 aromatic rings. The van der Waals surface area contributed by atoms with E-state index >= 15 is 0 Å². The molecule has 1 aliphatic heterocycles. The van der Waals surface area contributed by atoms with Crippen LogP contribution in [-0.2, 0) is 9.53 Å². The fourth-order valence-corrected chi connectivity index (χ4v) is 3.74. The van der Waals surface area contributed by atoms with Crippen LogP contribution in [0.3, 0.4) is 0 Å².